The maximum absolute atomic E-state index is 13.5. The zero-order chi connectivity index (χ0) is 24.6. The molecule has 3 N–H and O–H groups in total. The average Bonchev–Trinajstić information content (AvgIpc) is 3.42. The largest absolute Gasteiger partial charge is 0.479 e. The molecule has 9 nitrogen and oxygen atoms in total. The molecular formula is C26H28N2O7. The molecule has 2 aliphatic heterocycles. The zero-order valence-corrected chi connectivity index (χ0v) is 19.2. The number of amides is 2. The van der Waals surface area contributed by atoms with Crippen LogP contribution in [0.2, 0.25) is 0 Å². The van der Waals surface area contributed by atoms with E-state index in [4.69, 9.17) is 9.47 Å². The minimum atomic E-state index is -1.98. The summed E-state index contributed by atoms with van der Waals surface area (Å²) in [6.07, 6.45) is -0.309. The summed E-state index contributed by atoms with van der Waals surface area (Å²) in [5, 5.41) is 22.4. The second-order valence-electron chi connectivity index (χ2n) is 9.46. The second-order valence-corrected chi connectivity index (χ2v) is 9.46. The van der Waals surface area contributed by atoms with Gasteiger partial charge in [0.05, 0.1) is 6.54 Å². The maximum Gasteiger partial charge on any atom is 0.408 e. The van der Waals surface area contributed by atoms with Gasteiger partial charge in [-0.3, -0.25) is 4.79 Å². The Morgan fingerprint density at radius 1 is 1.00 bits per heavy atom. The lowest BCUT2D eigenvalue weighted by molar-refractivity contribution is -0.158. The Morgan fingerprint density at radius 3 is 2.17 bits per heavy atom. The van der Waals surface area contributed by atoms with E-state index in [1.165, 1.54) is 4.90 Å². The molecular weight excluding hydrogens is 452 g/mol. The number of benzene rings is 2. The monoisotopic (exact) mass is 480 g/mol. The van der Waals surface area contributed by atoms with E-state index in [9.17, 15) is 24.6 Å². The fraction of sp³-hybridized carbons (Fsp3) is 0.423. The quantitative estimate of drug-likeness (QED) is 0.599. The predicted molar refractivity (Wildman–Crippen MR) is 125 cm³/mol. The first kappa shape index (κ1) is 23.3. The lowest BCUT2D eigenvalue weighted by Crippen LogP contribution is -2.62. The minimum Gasteiger partial charge on any atom is -0.479 e. The van der Waals surface area contributed by atoms with E-state index in [1.807, 2.05) is 36.4 Å². The zero-order valence-electron chi connectivity index (χ0n) is 19.2. The summed E-state index contributed by atoms with van der Waals surface area (Å²) in [4.78, 5) is 39.1. The van der Waals surface area contributed by atoms with Crippen LogP contribution in [0.3, 0.4) is 0 Å². The Balaban J connectivity index is 1.30. The van der Waals surface area contributed by atoms with Crippen LogP contribution >= 0.6 is 0 Å². The van der Waals surface area contributed by atoms with Crippen molar-refractivity contribution in [3.8, 4) is 11.1 Å². The van der Waals surface area contributed by atoms with Crippen molar-refractivity contribution in [2.24, 2.45) is 0 Å². The number of aliphatic hydroxyl groups is 1. The number of carbonyl (C=O) groups is 3. The number of β-amino-alcohol motifs (C(OH)–C–C–N with tert-alkyl or cyclic N) is 1. The molecule has 0 bridgehead atoms. The van der Waals surface area contributed by atoms with Gasteiger partial charge in [0.15, 0.2) is 5.60 Å². The van der Waals surface area contributed by atoms with Gasteiger partial charge in [0.25, 0.3) is 0 Å². The van der Waals surface area contributed by atoms with Crippen molar-refractivity contribution in [1.82, 2.24) is 10.2 Å². The summed E-state index contributed by atoms with van der Waals surface area (Å²) in [6, 6.07) is 16.1. The van der Waals surface area contributed by atoms with Crippen LogP contribution in [0, 0.1) is 0 Å². The number of hydrogen-bond acceptors (Lipinski definition) is 6. The smallest absolute Gasteiger partial charge is 0.408 e. The summed E-state index contributed by atoms with van der Waals surface area (Å²) in [6.45, 7) is 0.425. The molecule has 5 rings (SSSR count). The third-order valence-electron chi connectivity index (χ3n) is 7.37. The van der Waals surface area contributed by atoms with Crippen LogP contribution in [-0.4, -0.2) is 77.1 Å². The molecule has 2 amide bonds. The molecule has 1 atom stereocenters. The van der Waals surface area contributed by atoms with Crippen molar-refractivity contribution in [2.45, 2.75) is 36.3 Å². The number of alkyl carbamates (subject to hydrolysis) is 1. The lowest BCUT2D eigenvalue weighted by atomic mass is 9.88. The van der Waals surface area contributed by atoms with Gasteiger partial charge in [0, 0.05) is 44.9 Å². The maximum atomic E-state index is 13.5. The predicted octanol–water partition coefficient (Wildman–Crippen LogP) is 2.12. The van der Waals surface area contributed by atoms with Crippen LogP contribution in [0.25, 0.3) is 11.1 Å². The molecule has 9 heteroatoms. The number of ether oxygens (including phenoxy) is 2. The van der Waals surface area contributed by atoms with Crippen LogP contribution in [-0.2, 0) is 19.1 Å². The molecule has 0 radical (unpaired) electrons. The van der Waals surface area contributed by atoms with Gasteiger partial charge in [-0.15, -0.1) is 0 Å². The first-order valence-electron chi connectivity index (χ1n) is 11.8. The molecule has 2 saturated heterocycles. The fourth-order valence-electron chi connectivity index (χ4n) is 5.39. The van der Waals surface area contributed by atoms with Gasteiger partial charge in [-0.05, 0) is 22.3 Å². The Labute approximate surface area is 202 Å². The molecule has 2 heterocycles. The van der Waals surface area contributed by atoms with Gasteiger partial charge >= 0.3 is 12.1 Å². The van der Waals surface area contributed by atoms with Gasteiger partial charge in [-0.25, -0.2) is 9.59 Å². The fourth-order valence-corrected chi connectivity index (χ4v) is 5.39. The SMILES string of the molecule is O=C(NC1(C(=O)N2CCC(O)(C(=O)O)C2)CCOCC1)OCC1c2ccccc2-c2ccccc21. The van der Waals surface area contributed by atoms with Gasteiger partial charge in [0.1, 0.15) is 12.1 Å². The topological polar surface area (TPSA) is 125 Å². The van der Waals surface area contributed by atoms with Gasteiger partial charge in [-0.2, -0.15) is 0 Å². The molecule has 3 aliphatic rings. The van der Waals surface area contributed by atoms with E-state index in [-0.39, 0.29) is 58.1 Å². The summed E-state index contributed by atoms with van der Waals surface area (Å²) in [5.74, 6) is -1.90. The number of carboxylic acids is 1. The van der Waals surface area contributed by atoms with Gasteiger partial charge < -0.3 is 29.9 Å². The third-order valence-corrected chi connectivity index (χ3v) is 7.37. The van der Waals surface area contributed by atoms with Crippen LogP contribution in [0.4, 0.5) is 4.79 Å². The highest BCUT2D eigenvalue weighted by Gasteiger charge is 2.51. The first-order valence-corrected chi connectivity index (χ1v) is 11.8. The number of aliphatic carboxylic acids is 1. The summed E-state index contributed by atoms with van der Waals surface area (Å²) in [7, 11) is 0. The Bertz CT molecular complexity index is 1110. The van der Waals surface area contributed by atoms with Crippen molar-refractivity contribution in [3.63, 3.8) is 0 Å². The number of nitrogens with zero attached hydrogens (tertiary/aromatic N) is 1. The Morgan fingerprint density at radius 2 is 1.60 bits per heavy atom. The molecule has 184 valence electrons. The summed E-state index contributed by atoms with van der Waals surface area (Å²) < 4.78 is 11.1. The molecule has 1 unspecified atom stereocenters. The standard InChI is InChI=1S/C26H28N2O7/c29-22(28-12-9-26(33,16-28)23(30)31)25(10-13-34-14-11-25)27-24(32)35-15-21-19-7-3-1-5-17(19)18-6-2-4-8-20(18)21/h1-8,21,33H,9-16H2,(H,27,32)(H,30,31). The van der Waals surface area contributed by atoms with Gasteiger partial charge in [-0.1, -0.05) is 48.5 Å². The highest BCUT2D eigenvalue weighted by molar-refractivity contribution is 5.91. The summed E-state index contributed by atoms with van der Waals surface area (Å²) >= 11 is 0. The van der Waals surface area contributed by atoms with Crippen molar-refractivity contribution < 1.29 is 34.1 Å². The van der Waals surface area contributed by atoms with Crippen LogP contribution < -0.4 is 5.32 Å². The number of likely N-dealkylation sites (tertiary alicyclic amines) is 1. The Hall–Kier alpha value is -3.43. The number of hydrogen-bond donors (Lipinski definition) is 3. The van der Waals surface area contributed by atoms with Gasteiger partial charge in [0.2, 0.25) is 5.91 Å². The first-order chi connectivity index (χ1) is 16.8. The number of carboxylic acid groups (broad SMARTS) is 1. The molecule has 0 spiro atoms. The van der Waals surface area contributed by atoms with Crippen LogP contribution in [0.1, 0.15) is 36.3 Å². The molecule has 0 aromatic heterocycles. The molecule has 1 aliphatic carbocycles. The minimum absolute atomic E-state index is 0.0639. The third kappa shape index (κ3) is 4.15. The van der Waals surface area contributed by atoms with Crippen molar-refractivity contribution in [2.75, 3.05) is 32.9 Å². The van der Waals surface area contributed by atoms with Crippen molar-refractivity contribution >= 4 is 18.0 Å². The molecule has 2 fully saturated rings. The van der Waals surface area contributed by atoms with E-state index in [0.29, 0.717) is 0 Å². The number of nitrogens with one attached hydrogen (secondary N) is 1. The van der Waals surface area contributed by atoms with E-state index in [1.54, 1.807) is 0 Å². The molecule has 2 aromatic rings. The highest BCUT2D eigenvalue weighted by atomic mass is 16.5. The highest BCUT2D eigenvalue weighted by Crippen LogP contribution is 2.44. The van der Waals surface area contributed by atoms with Crippen LogP contribution in [0.5, 0.6) is 0 Å². The molecule has 0 saturated carbocycles. The molecule has 2 aromatic carbocycles. The summed E-state index contributed by atoms with van der Waals surface area (Å²) in [5.41, 5.74) is 1.16. The molecule has 35 heavy (non-hydrogen) atoms. The number of carbonyl (C=O) groups excluding carboxylic acids is 2. The lowest BCUT2D eigenvalue weighted by Gasteiger charge is -2.38. The van der Waals surface area contributed by atoms with E-state index in [2.05, 4.69) is 17.4 Å². The average molecular weight is 481 g/mol. The second kappa shape index (κ2) is 8.98. The van der Waals surface area contributed by atoms with E-state index < -0.39 is 29.1 Å². The Kier molecular flexibility index (Phi) is 5.98. The van der Waals surface area contributed by atoms with E-state index >= 15 is 0 Å². The number of rotatable bonds is 5. The normalized spacial score (nSPS) is 22.8. The van der Waals surface area contributed by atoms with Crippen LogP contribution in [0.15, 0.2) is 48.5 Å². The van der Waals surface area contributed by atoms with Crippen molar-refractivity contribution in [3.05, 3.63) is 59.7 Å². The van der Waals surface area contributed by atoms with Crippen molar-refractivity contribution in [1.29, 1.82) is 0 Å². The van der Waals surface area contributed by atoms with E-state index in [0.717, 1.165) is 22.3 Å². The number of fused-ring (bicyclic) bond motifs is 3.